The Morgan fingerprint density at radius 2 is 1.89 bits per heavy atom. The number of carboxylic acid groups (broad SMARTS) is 1. The highest BCUT2D eigenvalue weighted by atomic mass is 16.4. The maximum Gasteiger partial charge on any atom is 0.310 e. The van der Waals surface area contributed by atoms with E-state index in [0.29, 0.717) is 5.41 Å². The molecule has 2 aliphatic rings. The molecule has 1 saturated heterocycles. The SMILES string of the molecule is CCC1(CC)CN(C2CCCCC2(C)C(=O)O)C1. The molecule has 104 valence electrons. The minimum absolute atomic E-state index is 0.259. The second-order valence-corrected chi connectivity index (χ2v) is 6.60. The van der Waals surface area contributed by atoms with Gasteiger partial charge in [0.1, 0.15) is 0 Å². The molecule has 18 heavy (non-hydrogen) atoms. The van der Waals surface area contributed by atoms with Crippen molar-refractivity contribution in [2.75, 3.05) is 13.1 Å². The highest BCUT2D eigenvalue weighted by Crippen LogP contribution is 2.46. The summed E-state index contributed by atoms with van der Waals surface area (Å²) in [5.74, 6) is -0.599. The van der Waals surface area contributed by atoms with E-state index in [9.17, 15) is 9.90 Å². The molecular formula is C15H27NO2. The van der Waals surface area contributed by atoms with Crippen molar-refractivity contribution in [3.8, 4) is 0 Å². The van der Waals surface area contributed by atoms with Gasteiger partial charge in [0.25, 0.3) is 0 Å². The number of carboxylic acids is 1. The van der Waals surface area contributed by atoms with E-state index in [4.69, 9.17) is 0 Å². The molecule has 1 aliphatic heterocycles. The third kappa shape index (κ3) is 2.07. The van der Waals surface area contributed by atoms with Gasteiger partial charge in [0.15, 0.2) is 0 Å². The van der Waals surface area contributed by atoms with Gasteiger partial charge in [-0.3, -0.25) is 9.69 Å². The van der Waals surface area contributed by atoms with Gasteiger partial charge in [0.05, 0.1) is 5.41 Å². The number of nitrogens with zero attached hydrogens (tertiary/aromatic N) is 1. The fraction of sp³-hybridized carbons (Fsp3) is 0.933. The molecule has 0 radical (unpaired) electrons. The zero-order chi connectivity index (χ0) is 13.4. The zero-order valence-electron chi connectivity index (χ0n) is 12.0. The number of carbonyl (C=O) groups is 1. The minimum Gasteiger partial charge on any atom is -0.481 e. The molecule has 0 amide bonds. The van der Waals surface area contributed by atoms with Crippen molar-refractivity contribution in [2.45, 2.75) is 65.3 Å². The van der Waals surface area contributed by atoms with Crippen molar-refractivity contribution >= 4 is 5.97 Å². The Kier molecular flexibility index (Phi) is 3.72. The van der Waals surface area contributed by atoms with Gasteiger partial charge < -0.3 is 5.11 Å². The topological polar surface area (TPSA) is 40.5 Å². The molecule has 1 N–H and O–H groups in total. The molecule has 1 aliphatic carbocycles. The number of rotatable bonds is 4. The number of hydrogen-bond donors (Lipinski definition) is 1. The highest BCUT2D eigenvalue weighted by Gasteiger charge is 2.51. The largest absolute Gasteiger partial charge is 0.481 e. The first-order valence-electron chi connectivity index (χ1n) is 7.45. The second kappa shape index (κ2) is 4.84. The summed E-state index contributed by atoms with van der Waals surface area (Å²) < 4.78 is 0. The van der Waals surface area contributed by atoms with Gasteiger partial charge >= 0.3 is 5.97 Å². The Labute approximate surface area is 111 Å². The van der Waals surface area contributed by atoms with Crippen molar-refractivity contribution < 1.29 is 9.90 Å². The van der Waals surface area contributed by atoms with Crippen molar-refractivity contribution in [3.05, 3.63) is 0 Å². The van der Waals surface area contributed by atoms with Gasteiger partial charge in [-0.1, -0.05) is 26.7 Å². The van der Waals surface area contributed by atoms with E-state index in [-0.39, 0.29) is 6.04 Å². The molecule has 1 heterocycles. The number of aliphatic carboxylic acids is 1. The van der Waals surface area contributed by atoms with Crippen LogP contribution in [0.4, 0.5) is 0 Å². The summed E-state index contributed by atoms with van der Waals surface area (Å²) in [5, 5.41) is 9.55. The van der Waals surface area contributed by atoms with Gasteiger partial charge in [-0.05, 0) is 38.0 Å². The summed E-state index contributed by atoms with van der Waals surface area (Å²) in [6.45, 7) is 8.69. The van der Waals surface area contributed by atoms with E-state index in [1.165, 1.54) is 19.3 Å². The molecule has 1 saturated carbocycles. The van der Waals surface area contributed by atoms with Gasteiger partial charge in [-0.15, -0.1) is 0 Å². The molecule has 2 fully saturated rings. The van der Waals surface area contributed by atoms with Crippen LogP contribution in [-0.2, 0) is 4.79 Å². The van der Waals surface area contributed by atoms with Crippen LogP contribution in [0.2, 0.25) is 0 Å². The molecule has 0 spiro atoms. The lowest BCUT2D eigenvalue weighted by atomic mass is 9.66. The Bertz CT molecular complexity index is 316. The molecule has 0 aromatic rings. The van der Waals surface area contributed by atoms with E-state index >= 15 is 0 Å². The Balaban J connectivity index is 2.07. The second-order valence-electron chi connectivity index (χ2n) is 6.60. The molecule has 3 nitrogen and oxygen atoms in total. The van der Waals surface area contributed by atoms with E-state index in [1.54, 1.807) is 0 Å². The Hall–Kier alpha value is -0.570. The maximum absolute atomic E-state index is 11.6. The molecule has 0 bridgehead atoms. The predicted octanol–water partition coefficient (Wildman–Crippen LogP) is 3.14. The lowest BCUT2D eigenvalue weighted by Gasteiger charge is -2.57. The van der Waals surface area contributed by atoms with Crippen LogP contribution in [0.1, 0.15) is 59.3 Å². The first-order valence-corrected chi connectivity index (χ1v) is 7.45. The summed E-state index contributed by atoms with van der Waals surface area (Å²) in [6, 6.07) is 0.259. The van der Waals surface area contributed by atoms with Crippen LogP contribution in [0, 0.1) is 10.8 Å². The van der Waals surface area contributed by atoms with E-state index in [2.05, 4.69) is 18.7 Å². The van der Waals surface area contributed by atoms with Gasteiger partial charge in [-0.25, -0.2) is 0 Å². The standard InChI is InChI=1S/C15H27NO2/c1-4-15(5-2)10-16(11-15)12-8-6-7-9-14(12,3)13(17)18/h12H,4-11H2,1-3H3,(H,17,18). The predicted molar refractivity (Wildman–Crippen MR) is 72.6 cm³/mol. The third-order valence-corrected chi connectivity index (χ3v) is 5.67. The van der Waals surface area contributed by atoms with Crippen molar-refractivity contribution in [2.24, 2.45) is 10.8 Å². The van der Waals surface area contributed by atoms with Crippen LogP contribution < -0.4 is 0 Å². The molecule has 2 unspecified atom stereocenters. The van der Waals surface area contributed by atoms with Crippen LogP contribution in [0.25, 0.3) is 0 Å². The van der Waals surface area contributed by atoms with Crippen LogP contribution in [0.15, 0.2) is 0 Å². The summed E-state index contributed by atoms with van der Waals surface area (Å²) in [7, 11) is 0. The van der Waals surface area contributed by atoms with E-state index < -0.39 is 11.4 Å². The summed E-state index contributed by atoms with van der Waals surface area (Å²) in [4.78, 5) is 14.0. The normalized spacial score (nSPS) is 36.1. The van der Waals surface area contributed by atoms with E-state index in [1.807, 2.05) is 6.92 Å². The van der Waals surface area contributed by atoms with Crippen molar-refractivity contribution in [1.82, 2.24) is 4.90 Å². The Morgan fingerprint density at radius 3 is 2.39 bits per heavy atom. The molecule has 2 rings (SSSR count). The monoisotopic (exact) mass is 253 g/mol. The number of likely N-dealkylation sites (tertiary alicyclic amines) is 1. The fourth-order valence-corrected chi connectivity index (χ4v) is 3.88. The quantitative estimate of drug-likeness (QED) is 0.836. The highest BCUT2D eigenvalue weighted by molar-refractivity contribution is 5.75. The third-order valence-electron chi connectivity index (χ3n) is 5.67. The van der Waals surface area contributed by atoms with Crippen molar-refractivity contribution in [3.63, 3.8) is 0 Å². The van der Waals surface area contributed by atoms with Crippen LogP contribution in [0.5, 0.6) is 0 Å². The maximum atomic E-state index is 11.6. The first-order chi connectivity index (χ1) is 8.47. The number of hydrogen-bond acceptors (Lipinski definition) is 2. The lowest BCUT2D eigenvalue weighted by Crippen LogP contribution is -2.64. The Morgan fingerprint density at radius 1 is 1.28 bits per heavy atom. The molecular weight excluding hydrogens is 226 g/mol. The average molecular weight is 253 g/mol. The van der Waals surface area contributed by atoms with Gasteiger partial charge in [0.2, 0.25) is 0 Å². The average Bonchev–Trinajstić information content (AvgIpc) is 2.31. The summed E-state index contributed by atoms with van der Waals surface area (Å²) in [6.07, 6.45) is 6.60. The smallest absolute Gasteiger partial charge is 0.310 e. The van der Waals surface area contributed by atoms with Gasteiger partial charge in [-0.2, -0.15) is 0 Å². The van der Waals surface area contributed by atoms with Crippen LogP contribution >= 0.6 is 0 Å². The minimum atomic E-state index is -0.599. The fourth-order valence-electron chi connectivity index (χ4n) is 3.88. The molecule has 0 aromatic carbocycles. The molecule has 2 atom stereocenters. The lowest BCUT2D eigenvalue weighted by molar-refractivity contribution is -0.161. The summed E-state index contributed by atoms with van der Waals surface area (Å²) >= 11 is 0. The van der Waals surface area contributed by atoms with Gasteiger partial charge in [0, 0.05) is 19.1 Å². The molecule has 0 aromatic heterocycles. The van der Waals surface area contributed by atoms with Crippen LogP contribution in [-0.4, -0.2) is 35.1 Å². The van der Waals surface area contributed by atoms with E-state index in [0.717, 1.165) is 32.4 Å². The van der Waals surface area contributed by atoms with Crippen LogP contribution in [0.3, 0.4) is 0 Å². The summed E-state index contributed by atoms with van der Waals surface area (Å²) in [5.41, 5.74) is -0.0528. The molecule has 3 heteroatoms. The zero-order valence-corrected chi connectivity index (χ0v) is 12.0. The first kappa shape index (κ1) is 13.9. The van der Waals surface area contributed by atoms with Crippen molar-refractivity contribution in [1.29, 1.82) is 0 Å².